The lowest BCUT2D eigenvalue weighted by Gasteiger charge is -2.04. The van der Waals surface area contributed by atoms with E-state index in [2.05, 4.69) is 4.99 Å². The highest BCUT2D eigenvalue weighted by atomic mass is 32.2. The average molecular weight is 449 g/mol. The number of ketones is 1. The monoisotopic (exact) mass is 448 g/mol. The molecule has 0 saturated carbocycles. The number of fused-ring (bicyclic) bond motifs is 1. The Hall–Kier alpha value is -2.23. The third-order valence-corrected chi connectivity index (χ3v) is 7.08. The van der Waals surface area contributed by atoms with Gasteiger partial charge in [0.05, 0.1) is 15.1 Å². The molecule has 0 atom stereocenters. The van der Waals surface area contributed by atoms with Crippen LogP contribution in [0, 0.1) is 0 Å². The Morgan fingerprint density at radius 3 is 2.34 bits per heavy atom. The van der Waals surface area contributed by atoms with Gasteiger partial charge in [0.25, 0.3) is 5.91 Å². The van der Waals surface area contributed by atoms with Crippen LogP contribution in [0.25, 0.3) is 10.2 Å². The fourth-order valence-electron chi connectivity index (χ4n) is 2.77. The molecule has 0 spiro atoms. The number of thiazole rings is 1. The number of hydrogen-bond donors (Lipinski definition) is 0. The summed E-state index contributed by atoms with van der Waals surface area (Å²) in [5, 5.41) is 0. The Balaban J connectivity index is 2.10. The third kappa shape index (κ3) is 4.85. The summed E-state index contributed by atoms with van der Waals surface area (Å²) in [6, 6.07) is 11.3. The summed E-state index contributed by atoms with van der Waals surface area (Å²) in [5.74, 6) is 0.351. The van der Waals surface area contributed by atoms with Gasteiger partial charge in [-0.25, -0.2) is 8.42 Å². The van der Waals surface area contributed by atoms with Crippen LogP contribution in [0.2, 0.25) is 0 Å². The topological polar surface area (TPSA) is 85.6 Å². The van der Waals surface area contributed by atoms with Crippen LogP contribution in [-0.2, 0) is 16.4 Å². The van der Waals surface area contributed by atoms with E-state index in [1.807, 2.05) is 10.8 Å². The van der Waals surface area contributed by atoms with Crippen LogP contribution < -0.4 is 4.80 Å². The van der Waals surface area contributed by atoms with Crippen molar-refractivity contribution in [1.82, 2.24) is 4.57 Å². The molecule has 0 aliphatic rings. The summed E-state index contributed by atoms with van der Waals surface area (Å²) in [6.07, 6.45) is 3.17. The lowest BCUT2D eigenvalue weighted by molar-refractivity contribution is 0.0991. The Morgan fingerprint density at radius 2 is 1.76 bits per heavy atom. The minimum absolute atomic E-state index is 0.0676. The van der Waals surface area contributed by atoms with Gasteiger partial charge in [0, 0.05) is 29.7 Å². The van der Waals surface area contributed by atoms with E-state index in [0.717, 1.165) is 16.0 Å². The molecule has 1 amide bonds. The normalized spacial score (nSPS) is 12.4. The summed E-state index contributed by atoms with van der Waals surface area (Å²) in [6.45, 7) is 2.12. The van der Waals surface area contributed by atoms with Crippen LogP contribution in [0.3, 0.4) is 0 Å². The van der Waals surface area contributed by atoms with Crippen molar-refractivity contribution in [3.8, 4) is 0 Å². The van der Waals surface area contributed by atoms with E-state index in [9.17, 15) is 18.0 Å². The largest absolute Gasteiger partial charge is 0.316 e. The molecule has 2 aromatic carbocycles. The van der Waals surface area contributed by atoms with Crippen molar-refractivity contribution in [2.45, 2.75) is 18.4 Å². The first-order chi connectivity index (χ1) is 13.7. The molecule has 0 N–H and O–H groups in total. The van der Waals surface area contributed by atoms with Crippen LogP contribution in [0.5, 0.6) is 0 Å². The van der Waals surface area contributed by atoms with E-state index >= 15 is 0 Å². The number of aromatic nitrogens is 1. The van der Waals surface area contributed by atoms with Gasteiger partial charge in [0.1, 0.15) is 0 Å². The highest BCUT2D eigenvalue weighted by Gasteiger charge is 2.13. The van der Waals surface area contributed by atoms with Gasteiger partial charge in [0.2, 0.25) is 0 Å². The molecular formula is C20H20N2O4S3. The molecule has 9 heteroatoms. The Kier molecular flexibility index (Phi) is 6.40. The lowest BCUT2D eigenvalue weighted by atomic mass is 10.1. The minimum Gasteiger partial charge on any atom is -0.316 e. The maximum absolute atomic E-state index is 12.7. The molecule has 6 nitrogen and oxygen atoms in total. The molecule has 3 rings (SSSR count). The number of hydrogen-bond acceptors (Lipinski definition) is 6. The number of thioether (sulfide) groups is 1. The van der Waals surface area contributed by atoms with E-state index < -0.39 is 15.7 Å². The highest BCUT2D eigenvalue weighted by Crippen LogP contribution is 2.22. The minimum atomic E-state index is -3.32. The number of carbonyl (C=O) groups is 2. The van der Waals surface area contributed by atoms with Gasteiger partial charge >= 0.3 is 0 Å². The van der Waals surface area contributed by atoms with E-state index in [0.29, 0.717) is 22.5 Å². The fourth-order valence-corrected chi connectivity index (χ4v) is 4.95. The molecule has 0 aliphatic heterocycles. The molecule has 1 aromatic heterocycles. The molecule has 0 unspecified atom stereocenters. The zero-order valence-electron chi connectivity index (χ0n) is 16.2. The molecule has 0 radical (unpaired) electrons. The predicted molar refractivity (Wildman–Crippen MR) is 118 cm³/mol. The number of sulfone groups is 1. The Bertz CT molecular complexity index is 1250. The van der Waals surface area contributed by atoms with Crippen LogP contribution in [0.4, 0.5) is 0 Å². The van der Waals surface area contributed by atoms with Gasteiger partial charge in [-0.1, -0.05) is 23.5 Å². The van der Waals surface area contributed by atoms with E-state index in [1.54, 1.807) is 54.2 Å². The number of amides is 1. The first kappa shape index (κ1) is 21.5. The number of nitrogens with zero attached hydrogens (tertiary/aromatic N) is 2. The van der Waals surface area contributed by atoms with E-state index in [-0.39, 0.29) is 10.7 Å². The summed E-state index contributed by atoms with van der Waals surface area (Å²) in [4.78, 5) is 29.1. The number of benzene rings is 2. The van der Waals surface area contributed by atoms with E-state index in [1.165, 1.54) is 24.5 Å². The quantitative estimate of drug-likeness (QED) is 0.540. The van der Waals surface area contributed by atoms with Crippen molar-refractivity contribution in [3.63, 3.8) is 0 Å². The fraction of sp³-hybridized carbons (Fsp3) is 0.250. The summed E-state index contributed by atoms with van der Waals surface area (Å²) >= 11 is 2.96. The van der Waals surface area contributed by atoms with Gasteiger partial charge in [-0.05, 0) is 43.5 Å². The van der Waals surface area contributed by atoms with Gasteiger partial charge in [-0.3, -0.25) is 9.59 Å². The second-order valence-electron chi connectivity index (χ2n) is 6.48. The Labute approximate surface area is 177 Å². The smallest absolute Gasteiger partial charge is 0.279 e. The van der Waals surface area contributed by atoms with Crippen molar-refractivity contribution in [3.05, 3.63) is 58.4 Å². The third-order valence-electron chi connectivity index (χ3n) is 4.34. The average Bonchev–Trinajstić information content (AvgIpc) is 3.01. The molecule has 0 bridgehead atoms. The maximum Gasteiger partial charge on any atom is 0.279 e. The zero-order chi connectivity index (χ0) is 21.2. The first-order valence-electron chi connectivity index (χ1n) is 8.73. The van der Waals surface area contributed by atoms with Crippen molar-refractivity contribution in [2.75, 3.05) is 18.3 Å². The molecule has 0 fully saturated rings. The molecule has 3 aromatic rings. The molecule has 152 valence electrons. The van der Waals surface area contributed by atoms with Crippen molar-refractivity contribution in [2.24, 2.45) is 4.99 Å². The number of carbonyl (C=O) groups excluding carboxylic acids is 2. The van der Waals surface area contributed by atoms with Crippen LogP contribution in [0.15, 0.2) is 52.4 Å². The molecule has 0 saturated heterocycles. The van der Waals surface area contributed by atoms with Crippen LogP contribution in [0.1, 0.15) is 27.6 Å². The van der Waals surface area contributed by atoms with Gasteiger partial charge in [-0.15, -0.1) is 0 Å². The molecule has 1 heterocycles. The standard InChI is InChI=1S/C20H20N2O4S3/c1-13(23)14-4-6-15(7-5-14)19(24)21-20-22(10-11-27-2)17-9-8-16(29(3,25)26)12-18(17)28-20/h4-9,12H,10-11H2,1-3H3. The summed E-state index contributed by atoms with van der Waals surface area (Å²) < 4.78 is 26.4. The summed E-state index contributed by atoms with van der Waals surface area (Å²) in [5.41, 5.74) is 1.77. The van der Waals surface area contributed by atoms with E-state index in [4.69, 9.17) is 0 Å². The van der Waals surface area contributed by atoms with Crippen molar-refractivity contribution < 1.29 is 18.0 Å². The lowest BCUT2D eigenvalue weighted by Crippen LogP contribution is -2.18. The van der Waals surface area contributed by atoms with Crippen molar-refractivity contribution in [1.29, 1.82) is 0 Å². The highest BCUT2D eigenvalue weighted by molar-refractivity contribution is 7.98. The zero-order valence-corrected chi connectivity index (χ0v) is 18.7. The summed E-state index contributed by atoms with van der Waals surface area (Å²) in [7, 11) is -3.32. The second-order valence-corrected chi connectivity index (χ2v) is 10.5. The maximum atomic E-state index is 12.7. The number of aryl methyl sites for hydroxylation is 1. The van der Waals surface area contributed by atoms with Gasteiger partial charge in [-0.2, -0.15) is 16.8 Å². The molecule has 0 aliphatic carbocycles. The van der Waals surface area contributed by atoms with Crippen LogP contribution in [-0.4, -0.2) is 42.9 Å². The van der Waals surface area contributed by atoms with Crippen molar-refractivity contribution >= 4 is 54.8 Å². The molecule has 29 heavy (non-hydrogen) atoms. The SMILES string of the molecule is CSCCn1c(=NC(=O)c2ccc(C(C)=O)cc2)sc2cc(S(C)(=O)=O)ccc21. The number of Topliss-reactive ketones (excluding diaryl/α,β-unsaturated/α-hetero) is 1. The second kappa shape index (κ2) is 8.64. The van der Waals surface area contributed by atoms with Gasteiger partial charge in [0.15, 0.2) is 20.4 Å². The first-order valence-corrected chi connectivity index (χ1v) is 12.8. The van der Waals surface area contributed by atoms with Crippen LogP contribution >= 0.6 is 23.1 Å². The van der Waals surface area contributed by atoms with Gasteiger partial charge < -0.3 is 4.57 Å². The molecular weight excluding hydrogens is 428 g/mol. The number of rotatable bonds is 6. The predicted octanol–water partition coefficient (Wildman–Crippen LogP) is 3.41. The Morgan fingerprint density at radius 1 is 1.10 bits per heavy atom.